The summed E-state index contributed by atoms with van der Waals surface area (Å²) < 4.78 is 11.2. The highest BCUT2D eigenvalue weighted by molar-refractivity contribution is 7.80. The van der Waals surface area contributed by atoms with Crippen LogP contribution in [0, 0.1) is 0 Å². The summed E-state index contributed by atoms with van der Waals surface area (Å²) >= 11 is 5.53. The molecule has 0 bridgehead atoms. The molecule has 1 aliphatic rings. The molecule has 31 heavy (non-hydrogen) atoms. The highest BCUT2D eigenvalue weighted by Gasteiger charge is 2.16. The Morgan fingerprint density at radius 2 is 1.87 bits per heavy atom. The first-order valence-corrected chi connectivity index (χ1v) is 10.7. The topological polar surface area (TPSA) is 86.8 Å². The van der Waals surface area contributed by atoms with E-state index >= 15 is 0 Å². The molecule has 162 valence electrons. The smallest absolute Gasteiger partial charge is 0.253 e. The van der Waals surface area contributed by atoms with Crippen LogP contribution in [0.3, 0.4) is 0 Å². The highest BCUT2D eigenvalue weighted by Crippen LogP contribution is 2.33. The number of H-pyrrole nitrogens is 1. The number of ether oxygens (including phenoxy) is 2. The van der Waals surface area contributed by atoms with Gasteiger partial charge in [-0.3, -0.25) is 4.79 Å². The molecule has 1 aliphatic heterocycles. The van der Waals surface area contributed by atoms with Gasteiger partial charge in [0.1, 0.15) is 13.2 Å². The van der Waals surface area contributed by atoms with Crippen LogP contribution in [0.4, 0.5) is 0 Å². The van der Waals surface area contributed by atoms with Crippen LogP contribution in [-0.2, 0) is 13.0 Å². The molecule has 4 rings (SSSR count). The standard InChI is InChI=1S/C23H25N3O4S/c27-9-8-26(23(31)24-7-6-16-4-2-1-3-5-16)15-18-12-17-13-20-21(30-11-10-29-20)14-19(17)25-22(18)28/h1-5,12-14,27H,6-11,15H2,(H,24,31)(H,25,28). The van der Waals surface area contributed by atoms with Crippen LogP contribution in [0.25, 0.3) is 10.9 Å². The Morgan fingerprint density at radius 3 is 2.61 bits per heavy atom. The largest absolute Gasteiger partial charge is 0.486 e. The molecule has 1 aromatic heterocycles. The SMILES string of the molecule is O=c1[nH]c2cc3c(cc2cc1CN(CCO)C(=S)NCCc1ccccc1)OCCO3. The molecule has 0 saturated carbocycles. The van der Waals surface area contributed by atoms with E-state index in [0.29, 0.717) is 54.0 Å². The first kappa shape index (κ1) is 21.1. The minimum atomic E-state index is -0.195. The van der Waals surface area contributed by atoms with Crippen molar-refractivity contribution in [3.63, 3.8) is 0 Å². The average molecular weight is 440 g/mol. The van der Waals surface area contributed by atoms with Crippen molar-refractivity contribution >= 4 is 28.2 Å². The van der Waals surface area contributed by atoms with E-state index in [1.54, 1.807) is 11.0 Å². The summed E-state index contributed by atoms with van der Waals surface area (Å²) in [6, 6.07) is 15.6. The molecule has 7 nitrogen and oxygen atoms in total. The monoisotopic (exact) mass is 439 g/mol. The van der Waals surface area contributed by atoms with Gasteiger partial charge in [-0.15, -0.1) is 0 Å². The first-order chi connectivity index (χ1) is 15.1. The van der Waals surface area contributed by atoms with Crippen LogP contribution in [0.5, 0.6) is 11.5 Å². The number of hydrogen-bond acceptors (Lipinski definition) is 5. The second-order valence-corrected chi connectivity index (χ2v) is 7.71. The molecular formula is C23H25N3O4S. The van der Waals surface area contributed by atoms with Crippen LogP contribution < -0.4 is 20.3 Å². The van der Waals surface area contributed by atoms with E-state index in [2.05, 4.69) is 22.4 Å². The Kier molecular flexibility index (Phi) is 6.69. The van der Waals surface area contributed by atoms with Crippen LogP contribution in [-0.4, -0.2) is 53.0 Å². The van der Waals surface area contributed by atoms with Crippen molar-refractivity contribution in [2.24, 2.45) is 0 Å². The number of benzene rings is 2. The number of aliphatic hydroxyl groups is 1. The summed E-state index contributed by atoms with van der Waals surface area (Å²) in [4.78, 5) is 17.4. The second kappa shape index (κ2) is 9.80. The number of hydrogen-bond donors (Lipinski definition) is 3. The van der Waals surface area contributed by atoms with E-state index < -0.39 is 0 Å². The van der Waals surface area contributed by atoms with Crippen LogP contribution in [0.2, 0.25) is 0 Å². The number of nitrogens with one attached hydrogen (secondary N) is 2. The van der Waals surface area contributed by atoms with E-state index in [9.17, 15) is 9.90 Å². The molecule has 0 unspecified atom stereocenters. The van der Waals surface area contributed by atoms with Crippen molar-refractivity contribution in [2.75, 3.05) is 32.9 Å². The van der Waals surface area contributed by atoms with Gasteiger partial charge in [-0.25, -0.2) is 0 Å². The van der Waals surface area contributed by atoms with Crippen molar-refractivity contribution in [1.29, 1.82) is 0 Å². The number of aliphatic hydroxyl groups excluding tert-OH is 1. The third kappa shape index (κ3) is 5.15. The lowest BCUT2D eigenvalue weighted by atomic mass is 10.1. The Morgan fingerprint density at radius 1 is 1.13 bits per heavy atom. The number of aromatic amines is 1. The summed E-state index contributed by atoms with van der Waals surface area (Å²) in [5, 5.41) is 14.1. The summed E-state index contributed by atoms with van der Waals surface area (Å²) in [6.07, 6.45) is 0.831. The van der Waals surface area contributed by atoms with Gasteiger partial charge in [0.2, 0.25) is 0 Å². The van der Waals surface area contributed by atoms with Gasteiger partial charge in [-0.2, -0.15) is 0 Å². The van der Waals surface area contributed by atoms with E-state index in [1.165, 1.54) is 5.56 Å². The Balaban J connectivity index is 1.48. The quantitative estimate of drug-likeness (QED) is 0.487. The van der Waals surface area contributed by atoms with Gasteiger partial charge in [0.15, 0.2) is 16.6 Å². The summed E-state index contributed by atoms with van der Waals surface area (Å²) in [5.41, 5.74) is 2.27. The van der Waals surface area contributed by atoms with E-state index in [0.717, 1.165) is 11.8 Å². The lowest BCUT2D eigenvalue weighted by molar-refractivity contribution is 0.172. The van der Waals surface area contributed by atoms with Crippen molar-refractivity contribution in [1.82, 2.24) is 15.2 Å². The fourth-order valence-electron chi connectivity index (χ4n) is 3.55. The molecule has 0 fully saturated rings. The maximum absolute atomic E-state index is 12.7. The van der Waals surface area contributed by atoms with E-state index in [1.807, 2.05) is 30.3 Å². The Labute approximate surface area is 185 Å². The minimum absolute atomic E-state index is 0.0648. The molecule has 0 spiro atoms. The van der Waals surface area contributed by atoms with Gasteiger partial charge in [-0.05, 0) is 36.3 Å². The Bertz CT molecular complexity index is 1120. The summed E-state index contributed by atoms with van der Waals surface area (Å²) in [5.74, 6) is 1.30. The fraction of sp³-hybridized carbons (Fsp3) is 0.304. The van der Waals surface area contributed by atoms with Gasteiger partial charge in [-0.1, -0.05) is 30.3 Å². The lowest BCUT2D eigenvalue weighted by Crippen LogP contribution is -2.42. The highest BCUT2D eigenvalue weighted by atomic mass is 32.1. The zero-order valence-corrected chi connectivity index (χ0v) is 17.9. The minimum Gasteiger partial charge on any atom is -0.486 e. The molecule has 3 aromatic rings. The number of fused-ring (bicyclic) bond motifs is 2. The van der Waals surface area contributed by atoms with E-state index in [-0.39, 0.29) is 18.7 Å². The van der Waals surface area contributed by atoms with Crippen molar-refractivity contribution in [2.45, 2.75) is 13.0 Å². The molecule has 0 amide bonds. The average Bonchev–Trinajstić information content (AvgIpc) is 2.78. The maximum atomic E-state index is 12.7. The summed E-state index contributed by atoms with van der Waals surface area (Å²) in [6.45, 7) is 2.22. The van der Waals surface area contributed by atoms with Crippen molar-refractivity contribution in [3.8, 4) is 11.5 Å². The van der Waals surface area contributed by atoms with Gasteiger partial charge in [0.05, 0.1) is 18.7 Å². The third-order valence-corrected chi connectivity index (χ3v) is 5.54. The van der Waals surface area contributed by atoms with E-state index in [4.69, 9.17) is 21.7 Å². The third-order valence-electron chi connectivity index (χ3n) is 5.13. The Hall–Kier alpha value is -3.10. The molecule has 2 aromatic carbocycles. The number of thiocarbonyl (C=S) groups is 1. The van der Waals surface area contributed by atoms with Crippen molar-refractivity contribution in [3.05, 3.63) is 70.0 Å². The zero-order chi connectivity index (χ0) is 21.6. The van der Waals surface area contributed by atoms with Gasteiger partial charge < -0.3 is 29.8 Å². The molecular weight excluding hydrogens is 414 g/mol. The number of aromatic nitrogens is 1. The van der Waals surface area contributed by atoms with Gasteiger partial charge in [0.25, 0.3) is 5.56 Å². The van der Waals surface area contributed by atoms with Gasteiger partial charge >= 0.3 is 0 Å². The normalized spacial score (nSPS) is 12.5. The fourth-order valence-corrected chi connectivity index (χ4v) is 3.81. The van der Waals surface area contributed by atoms with Crippen LogP contribution >= 0.6 is 12.2 Å². The number of pyridine rings is 1. The van der Waals surface area contributed by atoms with Gasteiger partial charge in [0, 0.05) is 30.1 Å². The molecule has 0 atom stereocenters. The molecule has 3 N–H and O–H groups in total. The maximum Gasteiger partial charge on any atom is 0.253 e. The van der Waals surface area contributed by atoms with Crippen LogP contribution in [0.1, 0.15) is 11.1 Å². The number of nitrogens with zero attached hydrogens (tertiary/aromatic N) is 1. The predicted octanol–water partition coefficient (Wildman–Crippen LogP) is 2.21. The molecule has 0 saturated heterocycles. The molecule has 0 radical (unpaired) electrons. The molecule has 8 heteroatoms. The molecule has 2 heterocycles. The predicted molar refractivity (Wildman–Crippen MR) is 124 cm³/mol. The van der Waals surface area contributed by atoms with Crippen LogP contribution in [0.15, 0.2) is 53.3 Å². The molecule has 0 aliphatic carbocycles. The lowest BCUT2D eigenvalue weighted by Gasteiger charge is -2.25. The zero-order valence-electron chi connectivity index (χ0n) is 17.1. The number of rotatable bonds is 7. The summed E-state index contributed by atoms with van der Waals surface area (Å²) in [7, 11) is 0. The van der Waals surface area contributed by atoms with Crippen molar-refractivity contribution < 1.29 is 14.6 Å². The second-order valence-electron chi connectivity index (χ2n) is 7.32. The first-order valence-electron chi connectivity index (χ1n) is 10.3.